The highest BCUT2D eigenvalue weighted by molar-refractivity contribution is 5.18. The van der Waals surface area contributed by atoms with Gasteiger partial charge in [0.25, 0.3) is 0 Å². The number of benzene rings is 1. The topological polar surface area (TPSA) is 26.0 Å². The summed E-state index contributed by atoms with van der Waals surface area (Å²) in [6, 6.07) is 5.40. The van der Waals surface area contributed by atoms with Crippen molar-refractivity contribution in [3.8, 4) is 0 Å². The summed E-state index contributed by atoms with van der Waals surface area (Å²) in [6.45, 7) is -0.108. The van der Waals surface area contributed by atoms with Crippen LogP contribution >= 0.6 is 0 Å². The van der Waals surface area contributed by atoms with Crippen LogP contribution in [0.3, 0.4) is 0 Å². The zero-order valence-electron chi connectivity index (χ0n) is 5.93. The first-order valence-corrected chi connectivity index (χ1v) is 3.33. The molecule has 1 aromatic carbocycles. The molecule has 60 valence electrons. The average molecular weight is 157 g/mol. The first-order valence-electron chi connectivity index (χ1n) is 3.33. The normalized spacial score (nSPS) is 13.0. The summed E-state index contributed by atoms with van der Waals surface area (Å²) in [5.41, 5.74) is 5.36. The lowest BCUT2D eigenvalue weighted by Crippen LogP contribution is -2.07. The molecule has 0 heterocycles. The van der Waals surface area contributed by atoms with Crippen LogP contribution in [0.25, 0.3) is 0 Å². The monoisotopic (exact) mass is 157 g/mol. The van der Waals surface area contributed by atoms with Crippen molar-refractivity contribution in [2.45, 2.75) is 6.17 Å². The smallest absolute Gasteiger partial charge is 0.137 e. The summed E-state index contributed by atoms with van der Waals surface area (Å²) in [5.74, 6) is -0.432. The van der Waals surface area contributed by atoms with Crippen LogP contribution in [-0.4, -0.2) is 6.54 Å². The van der Waals surface area contributed by atoms with Gasteiger partial charge in [-0.3, -0.25) is 0 Å². The van der Waals surface area contributed by atoms with Crippen molar-refractivity contribution >= 4 is 0 Å². The van der Waals surface area contributed by atoms with Crippen LogP contribution in [0.2, 0.25) is 0 Å². The molecule has 0 aliphatic carbocycles. The number of rotatable bonds is 2. The highest BCUT2D eigenvalue weighted by atomic mass is 19.1. The molecule has 11 heavy (non-hydrogen) atoms. The molecule has 0 aliphatic rings. The predicted molar refractivity (Wildman–Crippen MR) is 39.3 cm³/mol. The Balaban J connectivity index is 2.86. The van der Waals surface area contributed by atoms with E-state index in [2.05, 4.69) is 0 Å². The van der Waals surface area contributed by atoms with E-state index in [9.17, 15) is 8.78 Å². The Morgan fingerprint density at radius 2 is 2.18 bits per heavy atom. The van der Waals surface area contributed by atoms with Gasteiger partial charge in [0.05, 0.1) is 0 Å². The third-order valence-corrected chi connectivity index (χ3v) is 1.42. The van der Waals surface area contributed by atoms with Crippen molar-refractivity contribution in [3.05, 3.63) is 35.6 Å². The van der Waals surface area contributed by atoms with Gasteiger partial charge in [-0.05, 0) is 17.7 Å². The van der Waals surface area contributed by atoms with E-state index < -0.39 is 12.0 Å². The number of halogens is 2. The van der Waals surface area contributed by atoms with Gasteiger partial charge in [-0.1, -0.05) is 12.1 Å². The fourth-order valence-electron chi connectivity index (χ4n) is 0.838. The van der Waals surface area contributed by atoms with E-state index >= 15 is 0 Å². The van der Waals surface area contributed by atoms with Crippen molar-refractivity contribution in [2.75, 3.05) is 6.54 Å². The Kier molecular flexibility index (Phi) is 2.54. The zero-order chi connectivity index (χ0) is 8.27. The van der Waals surface area contributed by atoms with Gasteiger partial charge in [0.2, 0.25) is 0 Å². The van der Waals surface area contributed by atoms with Crippen molar-refractivity contribution in [1.82, 2.24) is 0 Å². The summed E-state index contributed by atoms with van der Waals surface area (Å²) >= 11 is 0. The number of hydrogen-bond acceptors (Lipinski definition) is 1. The van der Waals surface area contributed by atoms with Crippen LogP contribution in [0, 0.1) is 5.82 Å². The Morgan fingerprint density at radius 3 is 2.73 bits per heavy atom. The molecular formula is C8H9F2N. The third kappa shape index (κ3) is 1.98. The Morgan fingerprint density at radius 1 is 1.45 bits per heavy atom. The molecule has 0 saturated carbocycles. The molecule has 1 rings (SSSR count). The van der Waals surface area contributed by atoms with Gasteiger partial charge < -0.3 is 5.73 Å². The minimum atomic E-state index is -1.26. The van der Waals surface area contributed by atoms with Gasteiger partial charge >= 0.3 is 0 Å². The van der Waals surface area contributed by atoms with E-state index in [0.29, 0.717) is 5.56 Å². The molecule has 2 N–H and O–H groups in total. The molecule has 0 saturated heterocycles. The van der Waals surface area contributed by atoms with Gasteiger partial charge in [0.1, 0.15) is 12.0 Å². The second kappa shape index (κ2) is 3.44. The summed E-state index contributed by atoms with van der Waals surface area (Å²) in [4.78, 5) is 0. The van der Waals surface area contributed by atoms with Crippen molar-refractivity contribution in [1.29, 1.82) is 0 Å². The lowest BCUT2D eigenvalue weighted by molar-refractivity contribution is 0.351. The molecular weight excluding hydrogens is 148 g/mol. The molecule has 0 bridgehead atoms. The molecule has 0 fully saturated rings. The summed E-state index contributed by atoms with van der Waals surface area (Å²) in [5, 5.41) is 0. The van der Waals surface area contributed by atoms with E-state index in [1.54, 1.807) is 0 Å². The van der Waals surface area contributed by atoms with Crippen molar-refractivity contribution < 1.29 is 8.78 Å². The molecule has 0 radical (unpaired) electrons. The summed E-state index contributed by atoms with van der Waals surface area (Å²) < 4.78 is 25.2. The Bertz CT molecular complexity index is 237. The average Bonchev–Trinajstić information content (AvgIpc) is 2.03. The highest BCUT2D eigenvalue weighted by Gasteiger charge is 2.06. The van der Waals surface area contributed by atoms with Crippen LogP contribution in [-0.2, 0) is 0 Å². The maximum atomic E-state index is 12.8. The maximum Gasteiger partial charge on any atom is 0.137 e. The first-order chi connectivity index (χ1) is 5.24. The molecule has 0 aromatic heterocycles. The van der Waals surface area contributed by atoms with E-state index in [1.807, 2.05) is 0 Å². The van der Waals surface area contributed by atoms with Crippen molar-refractivity contribution in [2.24, 2.45) is 5.73 Å². The van der Waals surface area contributed by atoms with Crippen LogP contribution in [0.1, 0.15) is 11.7 Å². The minimum Gasteiger partial charge on any atom is -0.327 e. The first kappa shape index (κ1) is 8.14. The molecule has 1 aromatic rings. The van der Waals surface area contributed by atoms with Gasteiger partial charge in [0, 0.05) is 6.54 Å². The Hall–Kier alpha value is -0.960. The van der Waals surface area contributed by atoms with Gasteiger partial charge in [-0.2, -0.15) is 0 Å². The fourth-order valence-corrected chi connectivity index (χ4v) is 0.838. The molecule has 1 atom stereocenters. The van der Waals surface area contributed by atoms with Crippen molar-refractivity contribution in [3.63, 3.8) is 0 Å². The minimum absolute atomic E-state index is 0.108. The molecule has 1 nitrogen and oxygen atoms in total. The maximum absolute atomic E-state index is 12.8. The highest BCUT2D eigenvalue weighted by Crippen LogP contribution is 2.15. The van der Waals surface area contributed by atoms with Crippen LogP contribution in [0.15, 0.2) is 24.3 Å². The van der Waals surface area contributed by atoms with E-state index in [4.69, 9.17) is 5.73 Å². The molecule has 3 heteroatoms. The van der Waals surface area contributed by atoms with Gasteiger partial charge in [-0.15, -0.1) is 0 Å². The number of hydrogen-bond donors (Lipinski definition) is 1. The molecule has 0 amide bonds. The van der Waals surface area contributed by atoms with E-state index in [-0.39, 0.29) is 6.54 Å². The molecule has 0 aliphatic heterocycles. The SMILES string of the molecule is NC[C@H](F)c1cccc(F)c1. The van der Waals surface area contributed by atoms with Gasteiger partial charge in [0.15, 0.2) is 0 Å². The molecule has 0 unspecified atom stereocenters. The quantitative estimate of drug-likeness (QED) is 0.695. The lowest BCUT2D eigenvalue weighted by Gasteiger charge is -2.03. The fraction of sp³-hybridized carbons (Fsp3) is 0.250. The molecule has 0 spiro atoms. The third-order valence-electron chi connectivity index (χ3n) is 1.42. The van der Waals surface area contributed by atoms with E-state index in [0.717, 1.165) is 6.07 Å². The van der Waals surface area contributed by atoms with Crippen LogP contribution in [0.4, 0.5) is 8.78 Å². The largest absolute Gasteiger partial charge is 0.327 e. The van der Waals surface area contributed by atoms with E-state index in [1.165, 1.54) is 18.2 Å². The second-order valence-corrected chi connectivity index (χ2v) is 2.26. The Labute approximate surface area is 63.8 Å². The zero-order valence-corrected chi connectivity index (χ0v) is 5.93. The summed E-state index contributed by atoms with van der Waals surface area (Å²) in [6.07, 6.45) is -1.26. The number of nitrogens with two attached hydrogens (primary N) is 1. The lowest BCUT2D eigenvalue weighted by atomic mass is 10.1. The number of alkyl halides is 1. The van der Waals surface area contributed by atoms with Gasteiger partial charge in [-0.25, -0.2) is 8.78 Å². The predicted octanol–water partition coefficient (Wildman–Crippen LogP) is 1.79. The second-order valence-electron chi connectivity index (χ2n) is 2.26. The van der Waals surface area contributed by atoms with Crippen LogP contribution in [0.5, 0.6) is 0 Å². The van der Waals surface area contributed by atoms with Crippen LogP contribution < -0.4 is 5.73 Å². The standard InChI is InChI=1S/C8H9F2N/c9-7-3-1-2-6(4-7)8(10)5-11/h1-4,8H,5,11H2/t8-/m0/s1. The summed E-state index contributed by atoms with van der Waals surface area (Å²) in [7, 11) is 0.